The van der Waals surface area contributed by atoms with Crippen LogP contribution >= 0.6 is 0 Å². The van der Waals surface area contributed by atoms with Crippen LogP contribution in [0.5, 0.6) is 0 Å². The molecule has 0 aliphatic carbocycles. The first-order chi connectivity index (χ1) is 11.9. The van der Waals surface area contributed by atoms with Gasteiger partial charge >= 0.3 is 0 Å². The Morgan fingerprint density at radius 2 is 1.80 bits per heavy atom. The topological polar surface area (TPSA) is 70.2 Å². The minimum atomic E-state index is -0.377. The van der Waals surface area contributed by atoms with Crippen LogP contribution in [0, 0.1) is 13.8 Å². The molecule has 0 aromatic heterocycles. The van der Waals surface area contributed by atoms with Crippen LogP contribution in [-0.4, -0.2) is 17.9 Å². The SMILES string of the molecule is Cc1ccc(NC(=O)C(C)Nc2ccc3c(c2)CCC(=O)N3)cc1C. The van der Waals surface area contributed by atoms with Crippen LogP contribution in [-0.2, 0) is 16.0 Å². The van der Waals surface area contributed by atoms with Gasteiger partial charge in [-0.1, -0.05) is 6.07 Å². The van der Waals surface area contributed by atoms with E-state index in [0.717, 1.165) is 34.6 Å². The fourth-order valence-electron chi connectivity index (χ4n) is 2.86. The summed E-state index contributed by atoms with van der Waals surface area (Å²) in [6.07, 6.45) is 1.22. The van der Waals surface area contributed by atoms with Crippen molar-refractivity contribution in [1.29, 1.82) is 0 Å². The van der Waals surface area contributed by atoms with Crippen molar-refractivity contribution < 1.29 is 9.59 Å². The van der Waals surface area contributed by atoms with Gasteiger partial charge in [0.1, 0.15) is 6.04 Å². The molecule has 0 spiro atoms. The maximum Gasteiger partial charge on any atom is 0.246 e. The summed E-state index contributed by atoms with van der Waals surface area (Å²) in [7, 11) is 0. The molecule has 0 radical (unpaired) electrons. The largest absolute Gasteiger partial charge is 0.374 e. The Kier molecular flexibility index (Phi) is 4.74. The van der Waals surface area contributed by atoms with Crippen molar-refractivity contribution >= 4 is 28.9 Å². The highest BCUT2D eigenvalue weighted by molar-refractivity contribution is 5.97. The van der Waals surface area contributed by atoms with Gasteiger partial charge in [-0.25, -0.2) is 0 Å². The summed E-state index contributed by atoms with van der Waals surface area (Å²) in [4.78, 5) is 23.8. The van der Waals surface area contributed by atoms with Gasteiger partial charge in [0.2, 0.25) is 11.8 Å². The molecule has 25 heavy (non-hydrogen) atoms. The number of carbonyl (C=O) groups excluding carboxylic acids is 2. The van der Waals surface area contributed by atoms with Gasteiger partial charge in [-0.15, -0.1) is 0 Å². The summed E-state index contributed by atoms with van der Waals surface area (Å²) in [5.74, 6) is -0.0383. The average molecular weight is 337 g/mol. The van der Waals surface area contributed by atoms with Gasteiger partial charge in [-0.05, 0) is 74.2 Å². The van der Waals surface area contributed by atoms with Crippen molar-refractivity contribution in [2.24, 2.45) is 0 Å². The van der Waals surface area contributed by atoms with E-state index < -0.39 is 0 Å². The van der Waals surface area contributed by atoms with E-state index in [4.69, 9.17) is 0 Å². The maximum absolute atomic E-state index is 12.4. The molecule has 1 unspecified atom stereocenters. The molecule has 0 bridgehead atoms. The number of benzene rings is 2. The lowest BCUT2D eigenvalue weighted by Crippen LogP contribution is -2.32. The molecular weight excluding hydrogens is 314 g/mol. The van der Waals surface area contributed by atoms with Crippen LogP contribution in [0.15, 0.2) is 36.4 Å². The zero-order valence-corrected chi connectivity index (χ0v) is 14.8. The van der Waals surface area contributed by atoms with Gasteiger partial charge in [0.25, 0.3) is 0 Å². The van der Waals surface area contributed by atoms with E-state index in [9.17, 15) is 9.59 Å². The average Bonchev–Trinajstić information content (AvgIpc) is 2.58. The molecule has 2 aromatic rings. The Balaban J connectivity index is 1.65. The molecule has 0 saturated heterocycles. The third-order valence-corrected chi connectivity index (χ3v) is 4.55. The molecule has 1 aliphatic rings. The third kappa shape index (κ3) is 3.99. The molecule has 2 amide bonds. The molecule has 5 heteroatoms. The Bertz CT molecular complexity index is 830. The lowest BCUT2D eigenvalue weighted by Gasteiger charge is -2.20. The molecule has 1 atom stereocenters. The first-order valence-electron chi connectivity index (χ1n) is 8.50. The second-order valence-corrected chi connectivity index (χ2v) is 6.57. The van der Waals surface area contributed by atoms with E-state index in [1.807, 2.05) is 57.2 Å². The first kappa shape index (κ1) is 17.0. The van der Waals surface area contributed by atoms with Gasteiger partial charge in [0.05, 0.1) is 0 Å². The number of carbonyl (C=O) groups is 2. The molecule has 0 fully saturated rings. The van der Waals surface area contributed by atoms with Crippen molar-refractivity contribution in [1.82, 2.24) is 0 Å². The van der Waals surface area contributed by atoms with Crippen LogP contribution in [0.3, 0.4) is 0 Å². The van der Waals surface area contributed by atoms with Gasteiger partial charge in [0, 0.05) is 23.5 Å². The van der Waals surface area contributed by atoms with Crippen molar-refractivity contribution in [3.8, 4) is 0 Å². The standard InChI is InChI=1S/C20H23N3O2/c1-12-4-6-16(10-13(12)2)22-20(25)14(3)21-17-7-8-18-15(11-17)5-9-19(24)23-18/h4,6-8,10-11,14,21H,5,9H2,1-3H3,(H,22,25)(H,23,24). The molecule has 1 aliphatic heterocycles. The zero-order chi connectivity index (χ0) is 18.0. The zero-order valence-electron chi connectivity index (χ0n) is 14.8. The van der Waals surface area contributed by atoms with E-state index in [1.54, 1.807) is 0 Å². The van der Waals surface area contributed by atoms with Gasteiger partial charge in [0.15, 0.2) is 0 Å². The van der Waals surface area contributed by atoms with E-state index in [1.165, 1.54) is 5.56 Å². The number of fused-ring (bicyclic) bond motifs is 1. The molecule has 3 rings (SSSR count). The minimum absolute atomic E-state index is 0.0503. The minimum Gasteiger partial charge on any atom is -0.374 e. The maximum atomic E-state index is 12.4. The van der Waals surface area contributed by atoms with E-state index in [2.05, 4.69) is 16.0 Å². The Labute approximate surface area is 147 Å². The van der Waals surface area contributed by atoms with Crippen molar-refractivity contribution in [3.05, 3.63) is 53.1 Å². The number of amides is 2. The van der Waals surface area contributed by atoms with Crippen molar-refractivity contribution in [2.75, 3.05) is 16.0 Å². The Morgan fingerprint density at radius 1 is 1.04 bits per heavy atom. The molecule has 130 valence electrons. The summed E-state index contributed by atoms with van der Waals surface area (Å²) < 4.78 is 0. The van der Waals surface area contributed by atoms with Crippen molar-refractivity contribution in [2.45, 2.75) is 39.7 Å². The summed E-state index contributed by atoms with van der Waals surface area (Å²) in [5.41, 5.74) is 5.97. The van der Waals surface area contributed by atoms with E-state index >= 15 is 0 Å². The fourth-order valence-corrected chi connectivity index (χ4v) is 2.86. The molecule has 3 N–H and O–H groups in total. The van der Waals surface area contributed by atoms with Crippen LogP contribution in [0.2, 0.25) is 0 Å². The first-order valence-corrected chi connectivity index (χ1v) is 8.50. The highest BCUT2D eigenvalue weighted by Gasteiger charge is 2.17. The number of hydrogen-bond donors (Lipinski definition) is 3. The van der Waals surface area contributed by atoms with Crippen LogP contribution < -0.4 is 16.0 Å². The lowest BCUT2D eigenvalue weighted by molar-refractivity contribution is -0.117. The van der Waals surface area contributed by atoms with Crippen LogP contribution in [0.25, 0.3) is 0 Å². The quantitative estimate of drug-likeness (QED) is 0.798. The smallest absolute Gasteiger partial charge is 0.246 e. The van der Waals surface area contributed by atoms with Gasteiger partial charge in [-0.2, -0.15) is 0 Å². The fraction of sp³-hybridized carbons (Fsp3) is 0.300. The number of rotatable bonds is 4. The van der Waals surface area contributed by atoms with Gasteiger partial charge < -0.3 is 16.0 Å². The highest BCUT2D eigenvalue weighted by atomic mass is 16.2. The van der Waals surface area contributed by atoms with Crippen LogP contribution in [0.4, 0.5) is 17.1 Å². The molecule has 1 heterocycles. The summed E-state index contributed by atoms with van der Waals surface area (Å²) >= 11 is 0. The molecule has 2 aromatic carbocycles. The summed E-state index contributed by atoms with van der Waals surface area (Å²) in [5, 5.41) is 9.02. The monoisotopic (exact) mass is 337 g/mol. The second-order valence-electron chi connectivity index (χ2n) is 6.57. The normalized spacial score (nSPS) is 14.3. The lowest BCUT2D eigenvalue weighted by atomic mass is 10.0. The highest BCUT2D eigenvalue weighted by Crippen LogP contribution is 2.26. The van der Waals surface area contributed by atoms with E-state index in [0.29, 0.717) is 6.42 Å². The summed E-state index contributed by atoms with van der Waals surface area (Å²) in [6, 6.07) is 11.3. The predicted molar refractivity (Wildman–Crippen MR) is 101 cm³/mol. The second kappa shape index (κ2) is 6.97. The Morgan fingerprint density at radius 3 is 2.56 bits per heavy atom. The van der Waals surface area contributed by atoms with Crippen molar-refractivity contribution in [3.63, 3.8) is 0 Å². The number of aryl methyl sites for hydroxylation is 3. The van der Waals surface area contributed by atoms with Crippen LogP contribution in [0.1, 0.15) is 30.0 Å². The third-order valence-electron chi connectivity index (χ3n) is 4.55. The van der Waals surface area contributed by atoms with Gasteiger partial charge in [-0.3, -0.25) is 9.59 Å². The predicted octanol–water partition coefficient (Wildman–Crippen LogP) is 3.63. The number of hydrogen-bond acceptors (Lipinski definition) is 3. The molecular formula is C20H23N3O2. The van der Waals surface area contributed by atoms with E-state index in [-0.39, 0.29) is 17.9 Å². The summed E-state index contributed by atoms with van der Waals surface area (Å²) in [6.45, 7) is 5.90. The number of anilines is 3. The Hall–Kier alpha value is -2.82. The number of nitrogens with one attached hydrogen (secondary N) is 3. The molecule has 5 nitrogen and oxygen atoms in total. The molecule has 0 saturated carbocycles.